The Labute approximate surface area is 140 Å². The van der Waals surface area contributed by atoms with Crippen LogP contribution in [0.2, 0.25) is 0 Å². The maximum atomic E-state index is 12.5. The summed E-state index contributed by atoms with van der Waals surface area (Å²) >= 11 is 0. The Morgan fingerprint density at radius 2 is 1.42 bits per heavy atom. The molecule has 124 valence electrons. The number of hydrogen-bond acceptors (Lipinski definition) is 4. The van der Waals surface area contributed by atoms with Gasteiger partial charge in [-0.05, 0) is 38.1 Å². The van der Waals surface area contributed by atoms with Crippen molar-refractivity contribution in [3.63, 3.8) is 0 Å². The molecule has 0 saturated carbocycles. The molecule has 0 radical (unpaired) electrons. The standard InChI is InChI=1S/C18H17NO4S/c1-12-7-9-14(10-8-12)24(22,23)11-13(2)19-17(20)15-5-3-4-6-16(15)18(19)21/h3-10,13H,11H2,1-2H3/t13-/m1/s1. The molecule has 0 aromatic heterocycles. The first kappa shape index (κ1) is 16.4. The third-order valence-electron chi connectivity index (χ3n) is 4.11. The van der Waals surface area contributed by atoms with Crippen LogP contribution in [0.4, 0.5) is 0 Å². The second kappa shape index (κ2) is 5.87. The molecule has 0 unspecified atom stereocenters. The number of amides is 2. The highest BCUT2D eigenvalue weighted by atomic mass is 32.2. The fourth-order valence-electron chi connectivity index (χ4n) is 2.84. The molecule has 2 aromatic rings. The van der Waals surface area contributed by atoms with Gasteiger partial charge in [0.2, 0.25) is 0 Å². The SMILES string of the molecule is Cc1ccc(S(=O)(=O)C[C@@H](C)N2C(=O)c3ccccc3C2=O)cc1. The van der Waals surface area contributed by atoms with E-state index >= 15 is 0 Å². The number of nitrogens with zero attached hydrogens (tertiary/aromatic N) is 1. The van der Waals surface area contributed by atoms with E-state index < -0.39 is 27.7 Å². The number of imide groups is 1. The molecule has 1 atom stereocenters. The summed E-state index contributed by atoms with van der Waals surface area (Å²) in [6.07, 6.45) is 0. The summed E-state index contributed by atoms with van der Waals surface area (Å²) in [7, 11) is -3.59. The van der Waals surface area contributed by atoms with Crippen LogP contribution in [0.25, 0.3) is 0 Å². The molecule has 0 bridgehead atoms. The first-order chi connectivity index (χ1) is 11.3. The van der Waals surface area contributed by atoms with Gasteiger partial charge in [-0.3, -0.25) is 14.5 Å². The monoisotopic (exact) mass is 343 g/mol. The molecule has 1 aliphatic heterocycles. The van der Waals surface area contributed by atoms with E-state index in [1.165, 1.54) is 0 Å². The van der Waals surface area contributed by atoms with Gasteiger partial charge in [0.1, 0.15) is 0 Å². The van der Waals surface area contributed by atoms with E-state index in [4.69, 9.17) is 0 Å². The lowest BCUT2D eigenvalue weighted by atomic mass is 10.1. The number of benzene rings is 2. The predicted molar refractivity (Wildman–Crippen MR) is 89.6 cm³/mol. The Morgan fingerprint density at radius 1 is 0.917 bits per heavy atom. The molecular formula is C18H17NO4S. The van der Waals surface area contributed by atoms with Crippen LogP contribution < -0.4 is 0 Å². The highest BCUT2D eigenvalue weighted by Crippen LogP contribution is 2.25. The van der Waals surface area contributed by atoms with Gasteiger partial charge in [-0.25, -0.2) is 8.42 Å². The number of aryl methyl sites for hydroxylation is 1. The zero-order chi connectivity index (χ0) is 17.5. The second-order valence-corrected chi connectivity index (χ2v) is 8.00. The van der Waals surface area contributed by atoms with Gasteiger partial charge in [0.05, 0.1) is 27.8 Å². The van der Waals surface area contributed by atoms with Gasteiger partial charge in [-0.15, -0.1) is 0 Å². The number of fused-ring (bicyclic) bond motifs is 1. The summed E-state index contributed by atoms with van der Waals surface area (Å²) in [5.41, 5.74) is 1.60. The second-order valence-electron chi connectivity index (χ2n) is 5.97. The molecule has 2 amide bonds. The quantitative estimate of drug-likeness (QED) is 0.800. The van der Waals surface area contributed by atoms with Crippen LogP contribution in [-0.2, 0) is 9.84 Å². The van der Waals surface area contributed by atoms with Gasteiger partial charge < -0.3 is 0 Å². The van der Waals surface area contributed by atoms with Crippen molar-refractivity contribution in [3.05, 3.63) is 65.2 Å². The molecule has 2 aromatic carbocycles. The first-order valence-corrected chi connectivity index (χ1v) is 9.23. The largest absolute Gasteiger partial charge is 0.270 e. The van der Waals surface area contributed by atoms with Crippen LogP contribution in [0, 0.1) is 6.92 Å². The summed E-state index contributed by atoms with van der Waals surface area (Å²) in [5, 5.41) is 0. The zero-order valence-corrected chi connectivity index (χ0v) is 14.2. The van der Waals surface area contributed by atoms with Crippen LogP contribution in [-0.4, -0.2) is 36.9 Å². The Balaban J connectivity index is 1.86. The van der Waals surface area contributed by atoms with E-state index in [0.717, 1.165) is 10.5 Å². The van der Waals surface area contributed by atoms with Gasteiger partial charge in [0.25, 0.3) is 11.8 Å². The molecule has 3 rings (SSSR count). The van der Waals surface area contributed by atoms with Crippen molar-refractivity contribution in [2.24, 2.45) is 0 Å². The Kier molecular flexibility index (Phi) is 4.01. The average molecular weight is 343 g/mol. The van der Waals surface area contributed by atoms with Crippen molar-refractivity contribution in [2.45, 2.75) is 24.8 Å². The van der Waals surface area contributed by atoms with Crippen molar-refractivity contribution in [2.75, 3.05) is 5.75 Å². The van der Waals surface area contributed by atoms with Crippen molar-refractivity contribution in [1.82, 2.24) is 4.90 Å². The maximum absolute atomic E-state index is 12.5. The van der Waals surface area contributed by atoms with Gasteiger partial charge >= 0.3 is 0 Å². The van der Waals surface area contributed by atoms with E-state index in [1.54, 1.807) is 55.5 Å². The molecule has 1 heterocycles. The fourth-order valence-corrected chi connectivity index (χ4v) is 4.37. The van der Waals surface area contributed by atoms with E-state index in [1.807, 2.05) is 6.92 Å². The molecule has 0 aliphatic carbocycles. The van der Waals surface area contributed by atoms with Crippen molar-refractivity contribution in [1.29, 1.82) is 0 Å². The van der Waals surface area contributed by atoms with Gasteiger partial charge in [-0.2, -0.15) is 0 Å². The lowest BCUT2D eigenvalue weighted by Gasteiger charge is -2.22. The molecule has 0 N–H and O–H groups in total. The van der Waals surface area contributed by atoms with Crippen molar-refractivity contribution < 1.29 is 18.0 Å². The van der Waals surface area contributed by atoms with E-state index in [2.05, 4.69) is 0 Å². The van der Waals surface area contributed by atoms with Crippen molar-refractivity contribution >= 4 is 21.7 Å². The smallest absolute Gasteiger partial charge is 0.261 e. The van der Waals surface area contributed by atoms with Crippen LogP contribution >= 0.6 is 0 Å². The predicted octanol–water partition coefficient (Wildman–Crippen LogP) is 2.45. The van der Waals surface area contributed by atoms with Crippen LogP contribution in [0.3, 0.4) is 0 Å². The van der Waals surface area contributed by atoms with Gasteiger partial charge in [-0.1, -0.05) is 29.8 Å². The molecule has 24 heavy (non-hydrogen) atoms. The lowest BCUT2D eigenvalue weighted by Crippen LogP contribution is -2.42. The fraction of sp³-hybridized carbons (Fsp3) is 0.222. The molecule has 0 spiro atoms. The molecule has 6 heteroatoms. The highest BCUT2D eigenvalue weighted by Gasteiger charge is 2.39. The van der Waals surface area contributed by atoms with Crippen LogP contribution in [0.1, 0.15) is 33.2 Å². The third-order valence-corrected chi connectivity index (χ3v) is 6.02. The summed E-state index contributed by atoms with van der Waals surface area (Å²) in [6, 6.07) is 12.3. The number of carbonyl (C=O) groups excluding carboxylic acids is 2. The Morgan fingerprint density at radius 3 is 1.92 bits per heavy atom. The topological polar surface area (TPSA) is 71.5 Å². The lowest BCUT2D eigenvalue weighted by molar-refractivity contribution is 0.0611. The van der Waals surface area contributed by atoms with E-state index in [9.17, 15) is 18.0 Å². The van der Waals surface area contributed by atoms with Gasteiger partial charge in [0.15, 0.2) is 9.84 Å². The number of sulfone groups is 1. The summed E-state index contributed by atoms with van der Waals surface area (Å²) < 4.78 is 25.1. The van der Waals surface area contributed by atoms with Crippen molar-refractivity contribution in [3.8, 4) is 0 Å². The Bertz CT molecular complexity index is 881. The Hall–Kier alpha value is -2.47. The molecule has 0 saturated heterocycles. The molecule has 0 fully saturated rings. The summed E-state index contributed by atoms with van der Waals surface area (Å²) in [4.78, 5) is 26.1. The van der Waals surface area contributed by atoms with E-state index in [-0.39, 0.29) is 10.6 Å². The average Bonchev–Trinajstić information content (AvgIpc) is 2.79. The molecule has 1 aliphatic rings. The summed E-state index contributed by atoms with van der Waals surface area (Å²) in [5.74, 6) is -1.19. The number of carbonyl (C=O) groups is 2. The first-order valence-electron chi connectivity index (χ1n) is 7.57. The minimum atomic E-state index is -3.59. The maximum Gasteiger partial charge on any atom is 0.261 e. The zero-order valence-electron chi connectivity index (χ0n) is 13.4. The van der Waals surface area contributed by atoms with Gasteiger partial charge in [0, 0.05) is 0 Å². The third kappa shape index (κ3) is 2.73. The molecular weight excluding hydrogens is 326 g/mol. The number of rotatable bonds is 4. The normalized spacial score (nSPS) is 15.5. The highest BCUT2D eigenvalue weighted by molar-refractivity contribution is 7.91. The van der Waals surface area contributed by atoms with Crippen LogP contribution in [0.5, 0.6) is 0 Å². The summed E-state index contributed by atoms with van der Waals surface area (Å²) in [6.45, 7) is 3.45. The molecule has 5 nitrogen and oxygen atoms in total. The minimum absolute atomic E-state index is 0.191. The minimum Gasteiger partial charge on any atom is -0.270 e. The van der Waals surface area contributed by atoms with E-state index in [0.29, 0.717) is 11.1 Å². The number of hydrogen-bond donors (Lipinski definition) is 0. The van der Waals surface area contributed by atoms with Crippen LogP contribution in [0.15, 0.2) is 53.4 Å².